The second kappa shape index (κ2) is 6.55. The fraction of sp³-hybridized carbons (Fsp3) is 1.00. The summed E-state index contributed by atoms with van der Waals surface area (Å²) in [5.41, 5.74) is -0.478. The summed E-state index contributed by atoms with van der Waals surface area (Å²) >= 11 is 0. The number of hydrogen-bond acceptors (Lipinski definition) is 3. The third kappa shape index (κ3) is 6.23. The molecule has 0 spiro atoms. The van der Waals surface area contributed by atoms with E-state index in [1.807, 2.05) is 13.8 Å². The molecule has 0 heterocycles. The van der Waals surface area contributed by atoms with Gasteiger partial charge in [0.2, 0.25) is 10.0 Å². The molecule has 2 N–H and O–H groups in total. The highest BCUT2D eigenvalue weighted by Crippen LogP contribution is 2.37. The summed E-state index contributed by atoms with van der Waals surface area (Å²) < 4.78 is 29.1. The van der Waals surface area contributed by atoms with Gasteiger partial charge in [-0.2, -0.15) is 0 Å². The summed E-state index contributed by atoms with van der Waals surface area (Å²) in [6, 6.07) is 0. The maximum atomic E-state index is 11.5. The molecule has 0 bridgehead atoms. The largest absolute Gasteiger partial charge is 0.375 e. The Labute approximate surface area is 118 Å². The Balaban J connectivity index is 2.79. The number of nitrogens with two attached hydrogens (primary N) is 1. The molecule has 5 heteroatoms. The Kier molecular flexibility index (Phi) is 5.83. The standard InChI is InChI=1S/C14H29NO3S/c1-4-13(2,3)18-11-14(12-19(15,16)17)9-7-5-6-8-10-14/h4-12H2,1-3H3,(H2,15,16,17). The molecule has 0 atom stereocenters. The Bertz CT molecular complexity index is 368. The van der Waals surface area contributed by atoms with Gasteiger partial charge < -0.3 is 4.74 Å². The van der Waals surface area contributed by atoms with E-state index < -0.39 is 10.0 Å². The average Bonchev–Trinajstić information content (AvgIpc) is 2.51. The first kappa shape index (κ1) is 16.9. The van der Waals surface area contributed by atoms with Crippen molar-refractivity contribution in [3.05, 3.63) is 0 Å². The Morgan fingerprint density at radius 3 is 2.11 bits per heavy atom. The highest BCUT2D eigenvalue weighted by molar-refractivity contribution is 7.89. The normalized spacial score (nSPS) is 21.1. The van der Waals surface area contributed by atoms with Crippen LogP contribution in [0, 0.1) is 5.41 Å². The monoisotopic (exact) mass is 291 g/mol. The first-order valence-electron chi connectivity index (χ1n) is 7.33. The van der Waals surface area contributed by atoms with E-state index in [0.29, 0.717) is 6.61 Å². The molecule has 1 fully saturated rings. The van der Waals surface area contributed by atoms with Crippen LogP contribution in [0.4, 0.5) is 0 Å². The van der Waals surface area contributed by atoms with E-state index in [9.17, 15) is 8.42 Å². The van der Waals surface area contributed by atoms with Gasteiger partial charge in [0.1, 0.15) is 0 Å². The number of hydrogen-bond donors (Lipinski definition) is 1. The minimum atomic E-state index is -3.45. The molecule has 1 aliphatic rings. The fourth-order valence-electron chi connectivity index (χ4n) is 2.69. The molecular weight excluding hydrogens is 262 g/mol. The summed E-state index contributed by atoms with van der Waals surface area (Å²) in [4.78, 5) is 0. The molecule has 1 rings (SSSR count). The van der Waals surface area contributed by atoms with Gasteiger partial charge in [0.15, 0.2) is 0 Å². The molecular formula is C14H29NO3S. The predicted octanol–water partition coefficient (Wildman–Crippen LogP) is 2.82. The third-order valence-electron chi connectivity index (χ3n) is 4.29. The van der Waals surface area contributed by atoms with E-state index in [-0.39, 0.29) is 16.8 Å². The lowest BCUT2D eigenvalue weighted by Gasteiger charge is -2.35. The Morgan fingerprint density at radius 1 is 1.16 bits per heavy atom. The molecule has 0 unspecified atom stereocenters. The molecule has 0 aromatic heterocycles. The van der Waals surface area contributed by atoms with Crippen LogP contribution in [0.5, 0.6) is 0 Å². The lowest BCUT2D eigenvalue weighted by Crippen LogP contribution is -2.40. The van der Waals surface area contributed by atoms with Gasteiger partial charge in [-0.15, -0.1) is 0 Å². The number of ether oxygens (including phenoxy) is 1. The van der Waals surface area contributed by atoms with Crippen LogP contribution in [0.3, 0.4) is 0 Å². The van der Waals surface area contributed by atoms with Crippen LogP contribution >= 0.6 is 0 Å². The van der Waals surface area contributed by atoms with Crippen molar-refractivity contribution in [1.29, 1.82) is 0 Å². The first-order chi connectivity index (χ1) is 8.68. The van der Waals surface area contributed by atoms with E-state index >= 15 is 0 Å². The highest BCUT2D eigenvalue weighted by atomic mass is 32.2. The Morgan fingerprint density at radius 2 is 1.68 bits per heavy atom. The fourth-order valence-corrected chi connectivity index (χ4v) is 3.91. The first-order valence-corrected chi connectivity index (χ1v) is 9.04. The van der Waals surface area contributed by atoms with Crippen LogP contribution in [-0.2, 0) is 14.8 Å². The van der Waals surface area contributed by atoms with E-state index in [1.165, 1.54) is 12.8 Å². The molecule has 19 heavy (non-hydrogen) atoms. The second-order valence-corrected chi connectivity index (χ2v) is 8.24. The predicted molar refractivity (Wildman–Crippen MR) is 78.4 cm³/mol. The van der Waals surface area contributed by atoms with Gasteiger partial charge in [0, 0.05) is 5.41 Å². The van der Waals surface area contributed by atoms with Crippen molar-refractivity contribution >= 4 is 10.0 Å². The number of primary sulfonamides is 1. The molecule has 0 amide bonds. The average molecular weight is 291 g/mol. The molecule has 1 saturated carbocycles. The minimum Gasteiger partial charge on any atom is -0.375 e. The molecule has 0 saturated heterocycles. The smallest absolute Gasteiger partial charge is 0.209 e. The van der Waals surface area contributed by atoms with E-state index in [0.717, 1.165) is 32.1 Å². The van der Waals surface area contributed by atoms with Crippen molar-refractivity contribution in [3.63, 3.8) is 0 Å². The molecule has 0 radical (unpaired) electrons. The molecule has 0 aromatic rings. The van der Waals surface area contributed by atoms with Crippen molar-refractivity contribution in [2.45, 2.75) is 71.3 Å². The molecule has 114 valence electrons. The number of rotatable bonds is 6. The van der Waals surface area contributed by atoms with Crippen molar-refractivity contribution < 1.29 is 13.2 Å². The van der Waals surface area contributed by atoms with Gasteiger partial charge in [-0.05, 0) is 33.1 Å². The van der Waals surface area contributed by atoms with Crippen molar-refractivity contribution in [2.75, 3.05) is 12.4 Å². The molecule has 0 aromatic carbocycles. The van der Waals surface area contributed by atoms with Gasteiger partial charge in [-0.1, -0.05) is 32.6 Å². The van der Waals surface area contributed by atoms with E-state index in [4.69, 9.17) is 9.88 Å². The van der Waals surface area contributed by atoms with E-state index in [1.54, 1.807) is 0 Å². The summed E-state index contributed by atoms with van der Waals surface area (Å²) in [7, 11) is -3.45. The SMILES string of the molecule is CCC(C)(C)OCC1(CS(N)(=O)=O)CCCCCC1. The van der Waals surface area contributed by atoms with Gasteiger partial charge >= 0.3 is 0 Å². The maximum absolute atomic E-state index is 11.5. The third-order valence-corrected chi connectivity index (χ3v) is 5.31. The van der Waals surface area contributed by atoms with Crippen LogP contribution in [0.1, 0.15) is 65.7 Å². The zero-order chi connectivity index (χ0) is 14.6. The van der Waals surface area contributed by atoms with Crippen molar-refractivity contribution in [2.24, 2.45) is 10.6 Å². The molecule has 4 nitrogen and oxygen atoms in total. The number of sulfonamides is 1. The molecule has 0 aliphatic heterocycles. The van der Waals surface area contributed by atoms with Crippen LogP contribution in [-0.4, -0.2) is 26.4 Å². The lowest BCUT2D eigenvalue weighted by atomic mass is 9.83. The topological polar surface area (TPSA) is 69.4 Å². The second-order valence-electron chi connectivity index (χ2n) is 6.62. The van der Waals surface area contributed by atoms with Crippen LogP contribution in [0.2, 0.25) is 0 Å². The van der Waals surface area contributed by atoms with Gasteiger partial charge in [0.05, 0.1) is 18.0 Å². The van der Waals surface area contributed by atoms with Crippen LogP contribution in [0.15, 0.2) is 0 Å². The minimum absolute atomic E-state index is 0.0554. The summed E-state index contributed by atoms with van der Waals surface area (Å²) in [5, 5.41) is 5.29. The van der Waals surface area contributed by atoms with Gasteiger partial charge in [-0.25, -0.2) is 13.6 Å². The zero-order valence-corrected chi connectivity index (χ0v) is 13.4. The maximum Gasteiger partial charge on any atom is 0.209 e. The summed E-state index contributed by atoms with van der Waals surface area (Å²) in [6.07, 6.45) is 7.24. The quantitative estimate of drug-likeness (QED) is 0.765. The van der Waals surface area contributed by atoms with Crippen LogP contribution < -0.4 is 5.14 Å². The lowest BCUT2D eigenvalue weighted by molar-refractivity contribution is -0.0634. The summed E-state index contributed by atoms with van der Waals surface area (Å²) in [6.45, 7) is 6.69. The Hall–Kier alpha value is -0.130. The highest BCUT2D eigenvalue weighted by Gasteiger charge is 2.36. The van der Waals surface area contributed by atoms with Crippen LogP contribution in [0.25, 0.3) is 0 Å². The van der Waals surface area contributed by atoms with E-state index in [2.05, 4.69) is 6.92 Å². The van der Waals surface area contributed by atoms with Crippen molar-refractivity contribution in [3.8, 4) is 0 Å². The zero-order valence-electron chi connectivity index (χ0n) is 12.6. The van der Waals surface area contributed by atoms with Crippen molar-refractivity contribution in [1.82, 2.24) is 0 Å². The van der Waals surface area contributed by atoms with Gasteiger partial charge in [0.25, 0.3) is 0 Å². The summed E-state index contributed by atoms with van der Waals surface area (Å²) in [5.74, 6) is 0.0554. The van der Waals surface area contributed by atoms with Gasteiger partial charge in [-0.3, -0.25) is 0 Å². The molecule has 1 aliphatic carbocycles.